The number of ether oxygens (including phenoxy) is 4. The molecule has 5 N–H and O–H groups in total. The summed E-state index contributed by atoms with van der Waals surface area (Å²) < 4.78 is 22.2. The van der Waals surface area contributed by atoms with Crippen LogP contribution in [0.4, 0.5) is 0 Å². The summed E-state index contributed by atoms with van der Waals surface area (Å²) in [5.41, 5.74) is 1.11. The number of rotatable bonds is 27. The van der Waals surface area contributed by atoms with Gasteiger partial charge in [0.15, 0.2) is 0 Å². The molecule has 0 saturated heterocycles. The van der Waals surface area contributed by atoms with Gasteiger partial charge < -0.3 is 45.3 Å². The van der Waals surface area contributed by atoms with E-state index >= 15 is 0 Å². The van der Waals surface area contributed by atoms with Crippen molar-refractivity contribution in [1.29, 1.82) is 0 Å². The Bertz CT molecular complexity index is 1010. The summed E-state index contributed by atoms with van der Waals surface area (Å²) in [7, 11) is 0. The maximum Gasteiger partial charge on any atom is 0.326 e. The van der Waals surface area contributed by atoms with Gasteiger partial charge in [0.2, 0.25) is 23.6 Å². The van der Waals surface area contributed by atoms with Crippen molar-refractivity contribution in [2.75, 3.05) is 72.5 Å². The molecule has 0 radical (unpaired) electrons. The Balaban J connectivity index is 1.98. The van der Waals surface area contributed by atoms with Crippen molar-refractivity contribution >= 4 is 52.2 Å². The lowest BCUT2D eigenvalue weighted by Crippen LogP contribution is -2.41. The molecule has 0 saturated carbocycles. The first kappa shape index (κ1) is 40.2. The van der Waals surface area contributed by atoms with E-state index in [-0.39, 0.29) is 89.1 Å². The highest BCUT2D eigenvalue weighted by Gasteiger charge is 2.20. The molecule has 15 heteroatoms. The fourth-order valence-corrected chi connectivity index (χ4v) is 4.01. The van der Waals surface area contributed by atoms with Crippen LogP contribution in [0.25, 0.3) is 0 Å². The van der Waals surface area contributed by atoms with Crippen LogP contribution in [0.2, 0.25) is 0 Å². The average Bonchev–Trinajstić information content (AvgIpc) is 3.01. The van der Waals surface area contributed by atoms with E-state index in [0.717, 1.165) is 15.6 Å². The Kier molecular flexibility index (Phi) is 23.5. The number of aryl methyl sites for hydroxylation is 1. The van der Waals surface area contributed by atoms with E-state index in [2.05, 4.69) is 43.9 Å². The molecule has 0 spiro atoms. The SMILES string of the molecule is CCCNC(=O)COCCOCCNC(=O)COCCOCCNC(=O)CC[C@H](NC(=O)CCCc1ccc(I)cc1)C(=O)O. The van der Waals surface area contributed by atoms with Gasteiger partial charge in [0.25, 0.3) is 0 Å². The van der Waals surface area contributed by atoms with Crippen molar-refractivity contribution in [3.8, 4) is 0 Å². The van der Waals surface area contributed by atoms with Crippen LogP contribution in [-0.2, 0) is 49.3 Å². The van der Waals surface area contributed by atoms with Gasteiger partial charge in [-0.1, -0.05) is 19.1 Å². The maximum atomic E-state index is 12.2. The lowest BCUT2D eigenvalue weighted by molar-refractivity contribution is -0.142. The van der Waals surface area contributed by atoms with Gasteiger partial charge >= 0.3 is 5.97 Å². The third-order valence-corrected chi connectivity index (χ3v) is 6.71. The number of amides is 4. The maximum absolute atomic E-state index is 12.2. The zero-order chi connectivity index (χ0) is 33.1. The van der Waals surface area contributed by atoms with Crippen molar-refractivity contribution in [1.82, 2.24) is 21.3 Å². The molecule has 0 aliphatic carbocycles. The summed E-state index contributed by atoms with van der Waals surface area (Å²) in [6, 6.07) is 6.84. The molecule has 1 atom stereocenters. The number of halogens is 1. The molecule has 0 heterocycles. The third-order valence-electron chi connectivity index (χ3n) is 6.00. The number of carboxylic acid groups (broad SMARTS) is 1. The molecule has 0 aromatic heterocycles. The van der Waals surface area contributed by atoms with Gasteiger partial charge in [-0.3, -0.25) is 19.2 Å². The summed E-state index contributed by atoms with van der Waals surface area (Å²) >= 11 is 2.22. The Morgan fingerprint density at radius 3 is 1.80 bits per heavy atom. The van der Waals surface area contributed by atoms with Crippen molar-refractivity contribution < 1.29 is 48.0 Å². The van der Waals surface area contributed by atoms with E-state index in [1.54, 1.807) is 0 Å². The summed E-state index contributed by atoms with van der Waals surface area (Å²) in [4.78, 5) is 58.9. The summed E-state index contributed by atoms with van der Waals surface area (Å²) in [6.07, 6.45) is 2.28. The number of carbonyl (C=O) groups excluding carboxylic acids is 4. The molecule has 0 aliphatic heterocycles. The van der Waals surface area contributed by atoms with E-state index < -0.39 is 12.0 Å². The fourth-order valence-electron chi connectivity index (χ4n) is 3.65. The highest BCUT2D eigenvalue weighted by molar-refractivity contribution is 14.1. The van der Waals surface area contributed by atoms with Crippen molar-refractivity contribution in [2.24, 2.45) is 0 Å². The van der Waals surface area contributed by atoms with Gasteiger partial charge in [-0.25, -0.2) is 4.79 Å². The van der Waals surface area contributed by atoms with Crippen LogP contribution >= 0.6 is 22.6 Å². The zero-order valence-corrected chi connectivity index (χ0v) is 28.1. The summed E-state index contributed by atoms with van der Waals surface area (Å²) in [5.74, 6) is -2.36. The topological polar surface area (TPSA) is 191 Å². The second kappa shape index (κ2) is 26.4. The highest BCUT2D eigenvalue weighted by Crippen LogP contribution is 2.10. The molecule has 0 unspecified atom stereocenters. The van der Waals surface area contributed by atoms with Crippen LogP contribution in [0.1, 0.15) is 44.6 Å². The molecule has 0 bridgehead atoms. The van der Waals surface area contributed by atoms with Crippen LogP contribution in [0, 0.1) is 3.57 Å². The Morgan fingerprint density at radius 2 is 1.24 bits per heavy atom. The van der Waals surface area contributed by atoms with Gasteiger partial charge in [0.1, 0.15) is 19.3 Å². The summed E-state index contributed by atoms with van der Waals surface area (Å²) in [6.45, 7) is 4.48. The number of carbonyl (C=O) groups is 5. The number of hydrogen-bond acceptors (Lipinski definition) is 9. The predicted octanol–water partition coefficient (Wildman–Crippen LogP) is 0.789. The first-order chi connectivity index (χ1) is 21.7. The molecule has 14 nitrogen and oxygen atoms in total. The number of nitrogens with one attached hydrogen (secondary N) is 4. The van der Waals surface area contributed by atoms with Crippen LogP contribution in [-0.4, -0.2) is 113 Å². The van der Waals surface area contributed by atoms with Gasteiger partial charge in [-0.05, 0) is 66.0 Å². The Labute approximate surface area is 278 Å². The lowest BCUT2D eigenvalue weighted by Gasteiger charge is -2.14. The molecule has 1 aromatic rings. The number of benzene rings is 1. The summed E-state index contributed by atoms with van der Waals surface area (Å²) in [5, 5.41) is 19.9. The van der Waals surface area contributed by atoms with Crippen LogP contribution < -0.4 is 21.3 Å². The molecule has 0 fully saturated rings. The minimum absolute atomic E-state index is 0.0107. The van der Waals surface area contributed by atoms with Crippen LogP contribution in [0.3, 0.4) is 0 Å². The van der Waals surface area contributed by atoms with Gasteiger partial charge in [0.05, 0.1) is 39.6 Å². The first-order valence-corrected chi connectivity index (χ1v) is 16.2. The molecule has 0 aliphatic rings. The average molecular weight is 751 g/mol. The smallest absolute Gasteiger partial charge is 0.326 e. The molecule has 4 amide bonds. The van der Waals surface area contributed by atoms with E-state index in [9.17, 15) is 29.1 Å². The van der Waals surface area contributed by atoms with E-state index in [0.29, 0.717) is 39.1 Å². The van der Waals surface area contributed by atoms with Crippen LogP contribution in [0.15, 0.2) is 24.3 Å². The van der Waals surface area contributed by atoms with E-state index in [1.807, 2.05) is 31.2 Å². The second-order valence-electron chi connectivity index (χ2n) is 9.86. The first-order valence-electron chi connectivity index (χ1n) is 15.1. The molecule has 45 heavy (non-hydrogen) atoms. The highest BCUT2D eigenvalue weighted by atomic mass is 127. The Morgan fingerprint density at radius 1 is 0.711 bits per heavy atom. The number of hydrogen-bond donors (Lipinski definition) is 5. The van der Waals surface area contributed by atoms with Crippen LogP contribution in [0.5, 0.6) is 0 Å². The van der Waals surface area contributed by atoms with Crippen molar-refractivity contribution in [3.05, 3.63) is 33.4 Å². The quantitative estimate of drug-likeness (QED) is 0.0635. The Hall–Kier alpha value is -2.86. The fraction of sp³-hybridized carbons (Fsp3) is 0.633. The predicted molar refractivity (Wildman–Crippen MR) is 173 cm³/mol. The normalized spacial score (nSPS) is 11.4. The van der Waals surface area contributed by atoms with E-state index in [4.69, 9.17) is 18.9 Å². The molecular weight excluding hydrogens is 703 g/mol. The minimum atomic E-state index is -1.19. The van der Waals surface area contributed by atoms with Gasteiger partial charge in [0, 0.05) is 36.0 Å². The van der Waals surface area contributed by atoms with Gasteiger partial charge in [-0.2, -0.15) is 0 Å². The molecule has 1 aromatic carbocycles. The minimum Gasteiger partial charge on any atom is -0.480 e. The largest absolute Gasteiger partial charge is 0.480 e. The van der Waals surface area contributed by atoms with Gasteiger partial charge in [-0.15, -0.1) is 0 Å². The molecule has 254 valence electrons. The number of aliphatic carboxylic acids is 1. The van der Waals surface area contributed by atoms with Crippen molar-refractivity contribution in [2.45, 2.75) is 51.5 Å². The number of carboxylic acids is 1. The molecular formula is C30H47IN4O10. The monoisotopic (exact) mass is 750 g/mol. The second-order valence-corrected chi connectivity index (χ2v) is 11.1. The third kappa shape index (κ3) is 23.2. The molecule has 1 rings (SSSR count). The van der Waals surface area contributed by atoms with E-state index in [1.165, 1.54) is 0 Å². The zero-order valence-electron chi connectivity index (χ0n) is 25.9. The lowest BCUT2D eigenvalue weighted by atomic mass is 10.1. The van der Waals surface area contributed by atoms with Crippen molar-refractivity contribution in [3.63, 3.8) is 0 Å². The standard InChI is InChI=1S/C30H47IN4O10/c1-2-12-32-28(38)21-44-19-18-43-16-14-34-29(39)22-45-20-17-42-15-13-33-26(36)11-10-25(30(40)41)35-27(37)5-3-4-23-6-8-24(31)9-7-23/h6-9,25H,2-5,10-22H2,1H3,(H,32,38)(H,33,36)(H,34,39)(H,35,37)(H,40,41)/t25-/m0/s1.